The fourth-order valence-electron chi connectivity index (χ4n) is 2.45. The van der Waals surface area contributed by atoms with E-state index in [2.05, 4.69) is 10.6 Å². The maximum absolute atomic E-state index is 12.8. The lowest BCUT2D eigenvalue weighted by molar-refractivity contribution is 0.0824. The van der Waals surface area contributed by atoms with Crippen molar-refractivity contribution in [3.63, 3.8) is 0 Å². The first-order chi connectivity index (χ1) is 14.7. The minimum absolute atomic E-state index is 0.00583. The number of para-hydroxylation sites is 1. The molecular formula is C23H28FN3O4. The van der Waals surface area contributed by atoms with Crippen molar-refractivity contribution in [2.75, 3.05) is 31.8 Å². The molecule has 1 amide bonds. The second-order valence-electron chi connectivity index (χ2n) is 6.39. The van der Waals surface area contributed by atoms with Crippen LogP contribution in [0.5, 0.6) is 5.75 Å². The Bertz CT molecular complexity index is 1070. The maximum Gasteiger partial charge on any atom is 0.257 e. The minimum atomic E-state index is -0.508. The molecule has 0 bridgehead atoms. The summed E-state index contributed by atoms with van der Waals surface area (Å²) in [5, 5.41) is 15.3. The fraction of sp³-hybridized carbons (Fsp3) is 0.261. The van der Waals surface area contributed by atoms with Crippen LogP contribution < -0.4 is 21.5 Å². The SMILES string of the molecule is CC.CNc1cccc(C(=O)N(C)C)c1O.O=c1cc(NCc2cccc(F)c2)c1=O. The zero-order valence-electron chi connectivity index (χ0n) is 18.3. The van der Waals surface area contributed by atoms with Crippen LogP contribution in [-0.4, -0.2) is 37.1 Å². The smallest absolute Gasteiger partial charge is 0.257 e. The first-order valence-corrected chi connectivity index (χ1v) is 9.74. The van der Waals surface area contributed by atoms with E-state index in [1.807, 2.05) is 13.8 Å². The Morgan fingerprint density at radius 2 is 1.68 bits per heavy atom. The highest BCUT2D eigenvalue weighted by atomic mass is 19.1. The van der Waals surface area contributed by atoms with E-state index < -0.39 is 10.9 Å². The average molecular weight is 429 g/mol. The minimum Gasteiger partial charge on any atom is -0.505 e. The van der Waals surface area contributed by atoms with Crippen LogP contribution in [0.4, 0.5) is 15.8 Å². The summed E-state index contributed by atoms with van der Waals surface area (Å²) in [4.78, 5) is 34.5. The first kappa shape index (κ1) is 25.4. The standard InChI is InChI=1S/C11H8FNO2.C10H14N2O2.C2H6/c12-8-3-1-2-7(4-8)6-13-9-5-10(14)11(9)15;1-11-8-6-4-5-7(9(8)13)10(14)12(2)3;1-2/h1-5,13H,6H2;4-6,11,13H,1-3H3;1-2H3. The average Bonchev–Trinajstić information content (AvgIpc) is 2.77. The van der Waals surface area contributed by atoms with Gasteiger partial charge in [0.15, 0.2) is 5.75 Å². The van der Waals surface area contributed by atoms with Crippen molar-refractivity contribution in [2.24, 2.45) is 0 Å². The van der Waals surface area contributed by atoms with Crippen LogP contribution in [0.2, 0.25) is 0 Å². The number of halogens is 1. The third kappa shape index (κ3) is 6.95. The Morgan fingerprint density at radius 3 is 2.19 bits per heavy atom. The third-order valence-electron chi connectivity index (χ3n) is 4.06. The number of aromatic hydroxyl groups is 1. The molecule has 0 heterocycles. The Labute approximate surface area is 180 Å². The van der Waals surface area contributed by atoms with Crippen LogP contribution in [0.15, 0.2) is 58.1 Å². The number of carbonyl (C=O) groups is 1. The monoisotopic (exact) mass is 429 g/mol. The molecule has 3 N–H and O–H groups in total. The zero-order chi connectivity index (χ0) is 23.6. The quantitative estimate of drug-likeness (QED) is 0.426. The van der Waals surface area contributed by atoms with Crippen LogP contribution in [0.1, 0.15) is 29.8 Å². The number of nitrogens with one attached hydrogen (secondary N) is 2. The molecule has 0 spiro atoms. The molecule has 0 unspecified atom stereocenters. The second-order valence-corrected chi connectivity index (χ2v) is 6.39. The molecule has 0 saturated carbocycles. The Kier molecular flexibility index (Phi) is 9.91. The zero-order valence-corrected chi connectivity index (χ0v) is 18.3. The molecule has 0 aliphatic rings. The van der Waals surface area contributed by atoms with Crippen LogP contribution >= 0.6 is 0 Å². The van der Waals surface area contributed by atoms with E-state index in [-0.39, 0.29) is 17.5 Å². The van der Waals surface area contributed by atoms with Crippen LogP contribution in [0.25, 0.3) is 0 Å². The molecule has 0 saturated heterocycles. The number of hydrogen-bond donors (Lipinski definition) is 3. The van der Waals surface area contributed by atoms with Gasteiger partial charge < -0.3 is 20.6 Å². The van der Waals surface area contributed by atoms with Crippen LogP contribution in [0, 0.1) is 5.82 Å². The van der Waals surface area contributed by atoms with Gasteiger partial charge in [-0.05, 0) is 29.8 Å². The molecule has 0 aliphatic carbocycles. The van der Waals surface area contributed by atoms with E-state index in [1.165, 1.54) is 23.1 Å². The van der Waals surface area contributed by atoms with Gasteiger partial charge >= 0.3 is 0 Å². The largest absolute Gasteiger partial charge is 0.505 e. The lowest BCUT2D eigenvalue weighted by Gasteiger charge is -2.13. The number of amides is 1. The molecule has 0 atom stereocenters. The van der Waals surface area contributed by atoms with Gasteiger partial charge in [-0.15, -0.1) is 0 Å². The summed E-state index contributed by atoms with van der Waals surface area (Å²) in [7, 11) is 4.99. The van der Waals surface area contributed by atoms with E-state index in [0.717, 1.165) is 5.56 Å². The molecule has 8 heteroatoms. The molecule has 31 heavy (non-hydrogen) atoms. The van der Waals surface area contributed by atoms with Crippen molar-refractivity contribution < 1.29 is 14.3 Å². The number of carbonyl (C=O) groups excluding carboxylic acids is 1. The molecule has 0 fully saturated rings. The number of phenolic OH excluding ortho intramolecular Hbond substituents is 1. The lowest BCUT2D eigenvalue weighted by Crippen LogP contribution is -2.32. The van der Waals surface area contributed by atoms with Gasteiger partial charge in [0.25, 0.3) is 5.91 Å². The Hall–Kier alpha value is -3.68. The van der Waals surface area contributed by atoms with Crippen LogP contribution in [0.3, 0.4) is 0 Å². The molecule has 3 aromatic carbocycles. The number of hydrogen-bond acceptors (Lipinski definition) is 6. The molecule has 0 aliphatic heterocycles. The van der Waals surface area contributed by atoms with Gasteiger partial charge in [-0.2, -0.15) is 0 Å². The fourth-order valence-corrected chi connectivity index (χ4v) is 2.45. The number of benzene rings is 2. The van der Waals surface area contributed by atoms with Crippen molar-refractivity contribution in [1.29, 1.82) is 0 Å². The number of rotatable bonds is 5. The summed E-state index contributed by atoms with van der Waals surface area (Å²) in [5.74, 6) is -0.535. The van der Waals surface area contributed by atoms with Crippen molar-refractivity contribution >= 4 is 17.3 Å². The van der Waals surface area contributed by atoms with Gasteiger partial charge in [-0.1, -0.05) is 32.0 Å². The van der Waals surface area contributed by atoms with E-state index >= 15 is 0 Å². The highest BCUT2D eigenvalue weighted by Crippen LogP contribution is 2.27. The molecule has 7 nitrogen and oxygen atoms in total. The summed E-state index contributed by atoms with van der Waals surface area (Å²) in [6.07, 6.45) is 0. The summed E-state index contributed by atoms with van der Waals surface area (Å²) >= 11 is 0. The number of nitrogens with zero attached hydrogens (tertiary/aromatic N) is 1. The number of phenols is 1. The van der Waals surface area contributed by atoms with Crippen molar-refractivity contribution in [3.05, 3.63) is 85.9 Å². The molecule has 166 valence electrons. The van der Waals surface area contributed by atoms with Gasteiger partial charge in [-0.25, -0.2) is 4.39 Å². The highest BCUT2D eigenvalue weighted by Gasteiger charge is 2.14. The maximum atomic E-state index is 12.8. The Morgan fingerprint density at radius 1 is 1.03 bits per heavy atom. The van der Waals surface area contributed by atoms with E-state index in [9.17, 15) is 23.9 Å². The highest BCUT2D eigenvalue weighted by molar-refractivity contribution is 5.98. The molecule has 0 aromatic heterocycles. The summed E-state index contributed by atoms with van der Waals surface area (Å²) in [6, 6.07) is 12.3. The van der Waals surface area contributed by atoms with Crippen molar-refractivity contribution in [2.45, 2.75) is 20.4 Å². The third-order valence-corrected chi connectivity index (χ3v) is 4.06. The number of anilines is 2. The van der Waals surface area contributed by atoms with Crippen molar-refractivity contribution in [3.8, 4) is 5.75 Å². The van der Waals surface area contributed by atoms with E-state index in [4.69, 9.17) is 0 Å². The van der Waals surface area contributed by atoms with Gasteiger partial charge in [-0.3, -0.25) is 14.4 Å². The predicted molar refractivity (Wildman–Crippen MR) is 122 cm³/mol. The normalized spacial score (nSPS) is 9.61. The van der Waals surface area contributed by atoms with Crippen LogP contribution in [-0.2, 0) is 6.54 Å². The first-order valence-electron chi connectivity index (χ1n) is 9.74. The van der Waals surface area contributed by atoms with Gasteiger partial charge in [0, 0.05) is 33.8 Å². The predicted octanol–water partition coefficient (Wildman–Crippen LogP) is 3.20. The summed E-state index contributed by atoms with van der Waals surface area (Å²) in [5.41, 5.74) is 0.884. The molecule has 3 aromatic rings. The molecule has 3 rings (SSSR count). The lowest BCUT2D eigenvalue weighted by atomic mass is 10.1. The summed E-state index contributed by atoms with van der Waals surface area (Å²) in [6.45, 7) is 4.34. The topological polar surface area (TPSA) is 98.7 Å². The van der Waals surface area contributed by atoms with E-state index in [0.29, 0.717) is 23.5 Å². The second kappa shape index (κ2) is 12.1. The summed E-state index contributed by atoms with van der Waals surface area (Å²) < 4.78 is 12.8. The van der Waals surface area contributed by atoms with Crippen molar-refractivity contribution in [1.82, 2.24) is 4.90 Å². The van der Waals surface area contributed by atoms with Gasteiger partial charge in [0.05, 0.1) is 16.9 Å². The Balaban J connectivity index is 0.000000288. The molecular weight excluding hydrogens is 401 g/mol. The van der Waals surface area contributed by atoms with E-state index in [1.54, 1.807) is 51.5 Å². The molecule has 0 radical (unpaired) electrons. The van der Waals surface area contributed by atoms with Gasteiger partial charge in [0.2, 0.25) is 10.9 Å². The van der Waals surface area contributed by atoms with Gasteiger partial charge in [0.1, 0.15) is 5.82 Å².